The van der Waals surface area contributed by atoms with Gasteiger partial charge in [0.25, 0.3) is 11.8 Å². The van der Waals surface area contributed by atoms with Gasteiger partial charge in [-0.1, -0.05) is 13.0 Å². The number of nitrogens with one attached hydrogen (secondary N) is 1. The number of aromatic nitrogens is 1. The first-order valence-electron chi connectivity index (χ1n) is 9.68. The molecule has 7 nitrogen and oxygen atoms in total. The lowest BCUT2D eigenvalue weighted by Crippen LogP contribution is -2.52. The van der Waals surface area contributed by atoms with Gasteiger partial charge in [0, 0.05) is 38.6 Å². The Balaban J connectivity index is 1.69. The van der Waals surface area contributed by atoms with Crippen LogP contribution in [0.3, 0.4) is 0 Å². The van der Waals surface area contributed by atoms with Gasteiger partial charge in [-0.2, -0.15) is 0 Å². The number of anilines is 2. The first kappa shape index (κ1) is 19.8. The van der Waals surface area contributed by atoms with E-state index in [1.807, 2.05) is 35.8 Å². The van der Waals surface area contributed by atoms with Crippen molar-refractivity contribution in [3.8, 4) is 0 Å². The van der Waals surface area contributed by atoms with E-state index in [-0.39, 0.29) is 23.8 Å². The van der Waals surface area contributed by atoms with Crippen molar-refractivity contribution in [1.29, 1.82) is 0 Å². The van der Waals surface area contributed by atoms with Gasteiger partial charge < -0.3 is 26.3 Å². The fraction of sp³-hybridized carbons (Fsp3) is 0.429. The zero-order chi connectivity index (χ0) is 20.4. The number of likely N-dealkylation sites (tertiary alicyclic amines) is 1. The Bertz CT molecular complexity index is 889. The molecule has 0 spiro atoms. The fourth-order valence-corrected chi connectivity index (χ4v) is 3.96. The second-order valence-electron chi connectivity index (χ2n) is 7.62. The standard InChI is InChI=1S/C21H29N5O2/c1-4-14-11-26(21(28)16-12-25(3)10-13(16)2)9-8-18(14)24-20(27)15-6-5-7-17(22)19(15)23/h5-7,10,12,14,18H,4,8-9,11,22-23H2,1-3H3,(H,24,27). The number of hydrogen-bond acceptors (Lipinski definition) is 4. The van der Waals surface area contributed by atoms with Crippen LogP contribution in [0.25, 0.3) is 0 Å². The molecule has 150 valence electrons. The number of rotatable bonds is 4. The summed E-state index contributed by atoms with van der Waals surface area (Å²) in [4.78, 5) is 27.5. The summed E-state index contributed by atoms with van der Waals surface area (Å²) in [6.07, 6.45) is 5.40. The minimum absolute atomic E-state index is 0.000694. The monoisotopic (exact) mass is 383 g/mol. The highest BCUT2D eigenvalue weighted by Gasteiger charge is 2.32. The third-order valence-corrected chi connectivity index (χ3v) is 5.63. The number of piperidine rings is 1. The molecule has 1 saturated heterocycles. The summed E-state index contributed by atoms with van der Waals surface area (Å²) in [7, 11) is 1.92. The molecule has 2 unspecified atom stereocenters. The molecule has 0 saturated carbocycles. The minimum Gasteiger partial charge on any atom is -0.397 e. The highest BCUT2D eigenvalue weighted by Crippen LogP contribution is 2.25. The van der Waals surface area contributed by atoms with Crippen LogP contribution in [0.5, 0.6) is 0 Å². The van der Waals surface area contributed by atoms with E-state index in [4.69, 9.17) is 11.5 Å². The van der Waals surface area contributed by atoms with Gasteiger partial charge >= 0.3 is 0 Å². The Morgan fingerprint density at radius 2 is 1.96 bits per heavy atom. The largest absolute Gasteiger partial charge is 0.397 e. The number of benzene rings is 1. The van der Waals surface area contributed by atoms with Gasteiger partial charge in [0.2, 0.25) is 0 Å². The molecule has 0 aliphatic carbocycles. The van der Waals surface area contributed by atoms with Gasteiger partial charge in [0.15, 0.2) is 0 Å². The molecule has 28 heavy (non-hydrogen) atoms. The predicted octanol–water partition coefficient (Wildman–Crippen LogP) is 2.17. The van der Waals surface area contributed by atoms with E-state index in [1.165, 1.54) is 0 Å². The Labute approximate surface area is 165 Å². The second kappa shape index (κ2) is 7.96. The molecule has 1 fully saturated rings. The van der Waals surface area contributed by atoms with Crippen molar-refractivity contribution in [2.75, 3.05) is 24.6 Å². The lowest BCUT2D eigenvalue weighted by Gasteiger charge is -2.38. The maximum atomic E-state index is 12.9. The van der Waals surface area contributed by atoms with Crippen LogP contribution in [0, 0.1) is 12.8 Å². The van der Waals surface area contributed by atoms with E-state index in [0.29, 0.717) is 36.4 Å². The van der Waals surface area contributed by atoms with Crippen LogP contribution < -0.4 is 16.8 Å². The molecule has 2 aromatic rings. The van der Waals surface area contributed by atoms with Crippen LogP contribution in [-0.2, 0) is 7.05 Å². The molecule has 0 bridgehead atoms. The SMILES string of the molecule is CCC1CN(C(=O)c2cn(C)cc2C)CCC1NC(=O)c1cccc(N)c1N. The van der Waals surface area contributed by atoms with Gasteiger partial charge in [0.1, 0.15) is 0 Å². The molecule has 3 rings (SSSR count). The average Bonchev–Trinajstić information content (AvgIpc) is 3.01. The Morgan fingerprint density at radius 3 is 2.61 bits per heavy atom. The van der Waals surface area contributed by atoms with Crippen molar-refractivity contribution >= 4 is 23.2 Å². The van der Waals surface area contributed by atoms with Crippen LogP contribution in [0.2, 0.25) is 0 Å². The number of carbonyl (C=O) groups is 2. The van der Waals surface area contributed by atoms with Gasteiger partial charge in [0.05, 0.1) is 22.5 Å². The molecule has 2 heterocycles. The average molecular weight is 383 g/mol. The maximum absolute atomic E-state index is 12.9. The van der Waals surface area contributed by atoms with Crippen LogP contribution in [0.4, 0.5) is 11.4 Å². The zero-order valence-corrected chi connectivity index (χ0v) is 16.7. The third kappa shape index (κ3) is 3.83. The van der Waals surface area contributed by atoms with Crippen LogP contribution >= 0.6 is 0 Å². The van der Waals surface area contributed by atoms with Crippen molar-refractivity contribution in [2.24, 2.45) is 13.0 Å². The van der Waals surface area contributed by atoms with Crippen molar-refractivity contribution in [2.45, 2.75) is 32.7 Å². The number of nitrogens with two attached hydrogens (primary N) is 2. The number of nitrogen functional groups attached to an aromatic ring is 2. The number of nitrogens with zero attached hydrogens (tertiary/aromatic N) is 2. The Morgan fingerprint density at radius 1 is 1.21 bits per heavy atom. The summed E-state index contributed by atoms with van der Waals surface area (Å²) in [5.74, 6) is 0.0290. The van der Waals surface area contributed by atoms with E-state index >= 15 is 0 Å². The van der Waals surface area contributed by atoms with Crippen LogP contribution in [0.15, 0.2) is 30.6 Å². The van der Waals surface area contributed by atoms with E-state index < -0.39 is 0 Å². The van der Waals surface area contributed by atoms with E-state index in [0.717, 1.165) is 17.5 Å². The highest BCUT2D eigenvalue weighted by molar-refractivity contribution is 6.01. The molecule has 7 heteroatoms. The number of aryl methyl sites for hydroxylation is 2. The quantitative estimate of drug-likeness (QED) is 0.704. The Kier molecular flexibility index (Phi) is 5.63. The van der Waals surface area contributed by atoms with Crippen molar-refractivity contribution in [3.63, 3.8) is 0 Å². The van der Waals surface area contributed by atoms with Gasteiger partial charge in [-0.3, -0.25) is 9.59 Å². The van der Waals surface area contributed by atoms with E-state index in [2.05, 4.69) is 12.2 Å². The summed E-state index contributed by atoms with van der Waals surface area (Å²) in [5.41, 5.74) is 14.6. The highest BCUT2D eigenvalue weighted by atomic mass is 16.2. The lowest BCUT2D eigenvalue weighted by molar-refractivity contribution is 0.0613. The first-order chi connectivity index (χ1) is 13.3. The normalized spacial score (nSPS) is 19.5. The van der Waals surface area contributed by atoms with Crippen molar-refractivity contribution < 1.29 is 9.59 Å². The molecule has 1 aromatic carbocycles. The first-order valence-corrected chi connectivity index (χ1v) is 9.68. The summed E-state index contributed by atoms with van der Waals surface area (Å²) in [6, 6.07) is 5.08. The number of carbonyl (C=O) groups excluding carboxylic acids is 2. The van der Waals surface area contributed by atoms with Crippen molar-refractivity contribution in [3.05, 3.63) is 47.3 Å². The van der Waals surface area contributed by atoms with Crippen LogP contribution in [0.1, 0.15) is 46.0 Å². The predicted molar refractivity (Wildman–Crippen MR) is 111 cm³/mol. The number of amides is 2. The Hall–Kier alpha value is -2.96. The maximum Gasteiger partial charge on any atom is 0.255 e. The molecule has 2 amide bonds. The fourth-order valence-electron chi connectivity index (χ4n) is 3.96. The zero-order valence-electron chi connectivity index (χ0n) is 16.7. The lowest BCUT2D eigenvalue weighted by atomic mass is 9.89. The molecular formula is C21H29N5O2. The number of hydrogen-bond donors (Lipinski definition) is 3. The minimum atomic E-state index is -0.216. The topological polar surface area (TPSA) is 106 Å². The van der Waals surface area contributed by atoms with Gasteiger partial charge in [-0.05, 0) is 43.4 Å². The summed E-state index contributed by atoms with van der Waals surface area (Å²) < 4.78 is 1.91. The molecular weight excluding hydrogens is 354 g/mol. The van der Waals surface area contributed by atoms with E-state index in [1.54, 1.807) is 18.2 Å². The van der Waals surface area contributed by atoms with E-state index in [9.17, 15) is 9.59 Å². The summed E-state index contributed by atoms with van der Waals surface area (Å²) in [5, 5.41) is 3.10. The van der Waals surface area contributed by atoms with Gasteiger partial charge in [-0.15, -0.1) is 0 Å². The smallest absolute Gasteiger partial charge is 0.255 e. The third-order valence-electron chi connectivity index (χ3n) is 5.63. The number of para-hydroxylation sites is 1. The van der Waals surface area contributed by atoms with Gasteiger partial charge in [-0.25, -0.2) is 0 Å². The van der Waals surface area contributed by atoms with Crippen molar-refractivity contribution in [1.82, 2.24) is 14.8 Å². The molecule has 2 atom stereocenters. The molecule has 5 N–H and O–H groups in total. The second-order valence-corrected chi connectivity index (χ2v) is 7.62. The summed E-state index contributed by atoms with van der Waals surface area (Å²) >= 11 is 0. The molecule has 1 aromatic heterocycles. The molecule has 1 aliphatic rings. The van der Waals surface area contributed by atoms with Crippen LogP contribution in [-0.4, -0.2) is 40.4 Å². The summed E-state index contributed by atoms with van der Waals surface area (Å²) in [6.45, 7) is 5.27. The molecule has 1 aliphatic heterocycles. The molecule has 0 radical (unpaired) electrons.